The standard InChI is InChI=1S/C17H22N2O2S/c1-4-19(17-8-6-7-14(3)13-17)16-11-9-15(10-12-16)18-22(20,21)5-2/h6-13,18H,4-5H2,1-3H3. The van der Waals surface area contributed by atoms with Gasteiger partial charge < -0.3 is 4.90 Å². The van der Waals surface area contributed by atoms with Crippen molar-refractivity contribution in [2.24, 2.45) is 0 Å². The fourth-order valence-corrected chi connectivity index (χ4v) is 2.91. The average molecular weight is 318 g/mol. The number of aryl methyl sites for hydroxylation is 1. The molecule has 0 aliphatic rings. The van der Waals surface area contributed by atoms with Crippen molar-refractivity contribution in [3.8, 4) is 0 Å². The molecule has 0 atom stereocenters. The first-order valence-electron chi connectivity index (χ1n) is 7.40. The molecule has 0 unspecified atom stereocenters. The molecule has 0 spiro atoms. The van der Waals surface area contributed by atoms with Crippen molar-refractivity contribution in [3.63, 3.8) is 0 Å². The molecule has 2 rings (SSSR count). The summed E-state index contributed by atoms with van der Waals surface area (Å²) in [6, 6.07) is 15.8. The van der Waals surface area contributed by atoms with Crippen LogP contribution in [0, 0.1) is 6.92 Å². The summed E-state index contributed by atoms with van der Waals surface area (Å²) in [5.74, 6) is 0.0686. The van der Waals surface area contributed by atoms with Gasteiger partial charge in [-0.25, -0.2) is 8.42 Å². The maximum atomic E-state index is 11.6. The van der Waals surface area contributed by atoms with Crippen molar-refractivity contribution in [2.75, 3.05) is 21.9 Å². The van der Waals surface area contributed by atoms with E-state index < -0.39 is 10.0 Å². The molecular weight excluding hydrogens is 296 g/mol. The smallest absolute Gasteiger partial charge is 0.232 e. The number of nitrogens with one attached hydrogen (secondary N) is 1. The van der Waals surface area contributed by atoms with Crippen molar-refractivity contribution in [3.05, 3.63) is 54.1 Å². The van der Waals surface area contributed by atoms with E-state index in [9.17, 15) is 8.42 Å². The first kappa shape index (κ1) is 16.4. The highest BCUT2D eigenvalue weighted by Gasteiger charge is 2.09. The van der Waals surface area contributed by atoms with Crippen molar-refractivity contribution >= 4 is 27.1 Å². The quantitative estimate of drug-likeness (QED) is 0.878. The maximum Gasteiger partial charge on any atom is 0.232 e. The molecule has 0 aromatic heterocycles. The van der Waals surface area contributed by atoms with Crippen molar-refractivity contribution < 1.29 is 8.42 Å². The van der Waals surface area contributed by atoms with Gasteiger partial charge in [-0.1, -0.05) is 12.1 Å². The van der Waals surface area contributed by atoms with Crippen LogP contribution in [0.25, 0.3) is 0 Å². The SMILES string of the molecule is CCN(c1ccc(NS(=O)(=O)CC)cc1)c1cccc(C)c1. The van der Waals surface area contributed by atoms with E-state index in [-0.39, 0.29) is 5.75 Å². The Hall–Kier alpha value is -2.01. The third-order valence-corrected chi connectivity index (χ3v) is 4.77. The van der Waals surface area contributed by atoms with Gasteiger partial charge in [-0.3, -0.25) is 4.72 Å². The monoisotopic (exact) mass is 318 g/mol. The molecule has 0 fully saturated rings. The second-order valence-corrected chi connectivity index (χ2v) is 7.15. The zero-order chi connectivity index (χ0) is 16.2. The number of anilines is 3. The lowest BCUT2D eigenvalue weighted by Crippen LogP contribution is -2.17. The molecule has 0 bridgehead atoms. The summed E-state index contributed by atoms with van der Waals surface area (Å²) in [4.78, 5) is 2.19. The maximum absolute atomic E-state index is 11.6. The Balaban J connectivity index is 2.24. The third-order valence-electron chi connectivity index (χ3n) is 3.46. The number of hydrogen-bond acceptors (Lipinski definition) is 3. The van der Waals surface area contributed by atoms with E-state index in [0.717, 1.165) is 17.9 Å². The molecule has 118 valence electrons. The highest BCUT2D eigenvalue weighted by molar-refractivity contribution is 7.92. The fourth-order valence-electron chi connectivity index (χ4n) is 2.27. The third kappa shape index (κ3) is 4.01. The second-order valence-electron chi connectivity index (χ2n) is 5.14. The summed E-state index contributed by atoms with van der Waals surface area (Å²) in [6.45, 7) is 6.62. The highest BCUT2D eigenvalue weighted by atomic mass is 32.2. The second kappa shape index (κ2) is 6.83. The number of benzene rings is 2. The van der Waals surface area contributed by atoms with Gasteiger partial charge in [-0.2, -0.15) is 0 Å². The van der Waals surface area contributed by atoms with E-state index in [0.29, 0.717) is 5.69 Å². The summed E-state index contributed by atoms with van der Waals surface area (Å²) in [5, 5.41) is 0. The zero-order valence-corrected chi connectivity index (χ0v) is 14.0. The van der Waals surface area contributed by atoms with E-state index in [1.54, 1.807) is 19.1 Å². The molecule has 0 saturated heterocycles. The van der Waals surface area contributed by atoms with Gasteiger partial charge in [0.2, 0.25) is 10.0 Å². The number of nitrogens with zero attached hydrogens (tertiary/aromatic N) is 1. The molecular formula is C17H22N2O2S. The normalized spacial score (nSPS) is 11.2. The lowest BCUT2D eigenvalue weighted by molar-refractivity contribution is 0.602. The summed E-state index contributed by atoms with van der Waals surface area (Å²) >= 11 is 0. The van der Waals surface area contributed by atoms with Gasteiger partial charge in [0.1, 0.15) is 0 Å². The van der Waals surface area contributed by atoms with Crippen molar-refractivity contribution in [1.82, 2.24) is 0 Å². The largest absolute Gasteiger partial charge is 0.342 e. The molecule has 4 nitrogen and oxygen atoms in total. The van der Waals surface area contributed by atoms with E-state index in [1.165, 1.54) is 5.56 Å². The number of rotatable bonds is 6. The Morgan fingerprint density at radius 2 is 1.68 bits per heavy atom. The van der Waals surface area contributed by atoms with Crippen LogP contribution in [0.5, 0.6) is 0 Å². The minimum absolute atomic E-state index is 0.0686. The summed E-state index contributed by atoms with van der Waals surface area (Å²) in [5.41, 5.74) is 3.96. The predicted octanol–water partition coefficient (Wildman–Crippen LogP) is 3.91. The molecule has 0 radical (unpaired) electrons. The minimum atomic E-state index is -3.23. The lowest BCUT2D eigenvalue weighted by Gasteiger charge is -2.24. The molecule has 5 heteroatoms. The Labute approximate surface area is 132 Å². The van der Waals surface area contributed by atoms with Crippen LogP contribution in [0.3, 0.4) is 0 Å². The highest BCUT2D eigenvalue weighted by Crippen LogP contribution is 2.27. The van der Waals surface area contributed by atoms with Crippen molar-refractivity contribution in [1.29, 1.82) is 0 Å². The Morgan fingerprint density at radius 3 is 2.23 bits per heavy atom. The molecule has 1 N–H and O–H groups in total. The van der Waals surface area contributed by atoms with E-state index in [2.05, 4.69) is 41.7 Å². The molecule has 0 amide bonds. The Bertz CT molecular complexity index is 725. The van der Waals surface area contributed by atoms with Gasteiger partial charge in [-0.15, -0.1) is 0 Å². The van der Waals surface area contributed by atoms with Crippen LogP contribution in [0.4, 0.5) is 17.1 Å². The van der Waals surface area contributed by atoms with Crippen LogP contribution in [0.1, 0.15) is 19.4 Å². The van der Waals surface area contributed by atoms with E-state index >= 15 is 0 Å². The minimum Gasteiger partial charge on any atom is -0.342 e. The number of hydrogen-bond donors (Lipinski definition) is 1. The van der Waals surface area contributed by atoms with Crippen molar-refractivity contribution in [2.45, 2.75) is 20.8 Å². The van der Waals surface area contributed by atoms with Gasteiger partial charge in [0.05, 0.1) is 5.75 Å². The molecule has 2 aromatic rings. The van der Waals surface area contributed by atoms with Gasteiger partial charge in [0.25, 0.3) is 0 Å². The molecule has 2 aromatic carbocycles. The molecule has 0 saturated carbocycles. The van der Waals surface area contributed by atoms with Gasteiger partial charge in [-0.05, 0) is 62.7 Å². The number of sulfonamides is 1. The van der Waals surface area contributed by atoms with Crippen LogP contribution in [0.2, 0.25) is 0 Å². The van der Waals surface area contributed by atoms with Crippen LogP contribution in [-0.4, -0.2) is 20.7 Å². The van der Waals surface area contributed by atoms with Crippen LogP contribution >= 0.6 is 0 Å². The molecule has 0 aliphatic carbocycles. The van der Waals surface area contributed by atoms with Crippen LogP contribution in [0.15, 0.2) is 48.5 Å². The van der Waals surface area contributed by atoms with E-state index in [1.807, 2.05) is 18.2 Å². The van der Waals surface area contributed by atoms with Gasteiger partial charge in [0, 0.05) is 23.6 Å². The Morgan fingerprint density at radius 1 is 1.00 bits per heavy atom. The summed E-state index contributed by atoms with van der Waals surface area (Å²) in [6.07, 6.45) is 0. The lowest BCUT2D eigenvalue weighted by atomic mass is 10.2. The fraction of sp³-hybridized carbons (Fsp3) is 0.294. The molecule has 0 heterocycles. The Kier molecular flexibility index (Phi) is 5.08. The summed E-state index contributed by atoms with van der Waals surface area (Å²) < 4.78 is 25.7. The van der Waals surface area contributed by atoms with E-state index in [4.69, 9.17) is 0 Å². The average Bonchev–Trinajstić information content (AvgIpc) is 2.49. The topological polar surface area (TPSA) is 49.4 Å². The first-order valence-corrected chi connectivity index (χ1v) is 9.05. The molecule has 0 aliphatic heterocycles. The zero-order valence-electron chi connectivity index (χ0n) is 13.2. The van der Waals surface area contributed by atoms with Crippen LogP contribution < -0.4 is 9.62 Å². The predicted molar refractivity (Wildman–Crippen MR) is 93.4 cm³/mol. The van der Waals surface area contributed by atoms with Gasteiger partial charge >= 0.3 is 0 Å². The van der Waals surface area contributed by atoms with Gasteiger partial charge in [0.15, 0.2) is 0 Å². The van der Waals surface area contributed by atoms with Crippen LogP contribution in [-0.2, 0) is 10.0 Å². The summed E-state index contributed by atoms with van der Waals surface area (Å²) in [7, 11) is -3.23. The first-order chi connectivity index (χ1) is 10.4. The molecule has 22 heavy (non-hydrogen) atoms.